The number of halogens is 1. The number of amides is 1. The average Bonchev–Trinajstić information content (AvgIpc) is 2.66. The van der Waals surface area contributed by atoms with E-state index in [0.29, 0.717) is 16.3 Å². The second kappa shape index (κ2) is 9.72. The lowest BCUT2D eigenvalue weighted by molar-refractivity contribution is 0.102. The number of benzene rings is 2. The van der Waals surface area contributed by atoms with Crippen LogP contribution in [0.4, 0.5) is 5.69 Å². The fraction of sp³-hybridized carbons (Fsp3) is 0.318. The lowest BCUT2D eigenvalue weighted by atomic mass is 10.0. The molecule has 1 saturated heterocycles. The number of terminal acetylenes is 1. The Kier molecular flexibility index (Phi) is 7.61. The predicted molar refractivity (Wildman–Crippen MR) is 116 cm³/mol. The predicted octanol–water partition coefficient (Wildman–Crippen LogP) is 3.79. The molecule has 0 bridgehead atoms. The number of rotatable bonds is 4. The highest BCUT2D eigenvalue weighted by Crippen LogP contribution is 2.23. The number of hydrogen-bond acceptors (Lipinski definition) is 4. The number of nitrogens with zero attached hydrogens (tertiary/aromatic N) is 2. The molecule has 0 atom stereocenters. The van der Waals surface area contributed by atoms with Gasteiger partial charge in [-0.15, -0.1) is 6.42 Å². The van der Waals surface area contributed by atoms with E-state index in [-0.39, 0.29) is 12.1 Å². The van der Waals surface area contributed by atoms with Gasteiger partial charge in [-0.3, -0.25) is 9.69 Å². The molecule has 2 aromatic carbocycles. The Hall–Kier alpha value is -2.36. The quantitative estimate of drug-likeness (QED) is 0.768. The molecule has 28 heavy (non-hydrogen) atoms. The number of carbonyl (C=O) groups excluding carboxylic acids is 1. The molecule has 0 saturated carbocycles. The van der Waals surface area contributed by atoms with Crippen LogP contribution in [0.15, 0.2) is 36.4 Å². The van der Waals surface area contributed by atoms with Gasteiger partial charge in [0.2, 0.25) is 0 Å². The molecule has 148 valence electrons. The maximum atomic E-state index is 12.5. The molecule has 0 unspecified atom stereocenters. The van der Waals surface area contributed by atoms with Crippen LogP contribution in [0, 0.1) is 19.3 Å². The van der Waals surface area contributed by atoms with Gasteiger partial charge < -0.3 is 16.4 Å². The molecule has 1 amide bonds. The molecule has 2 aromatic rings. The zero-order valence-electron chi connectivity index (χ0n) is 16.5. The third-order valence-electron chi connectivity index (χ3n) is 4.96. The van der Waals surface area contributed by atoms with Gasteiger partial charge in [-0.2, -0.15) is 0 Å². The molecule has 1 aliphatic heterocycles. The Morgan fingerprint density at radius 1 is 1.18 bits per heavy atom. The van der Waals surface area contributed by atoms with Crippen molar-refractivity contribution < 1.29 is 4.79 Å². The largest absolute Gasteiger partial charge is 0.344 e. The van der Waals surface area contributed by atoms with E-state index >= 15 is 0 Å². The summed E-state index contributed by atoms with van der Waals surface area (Å²) in [6.07, 6.45) is 5.49. The lowest BCUT2D eigenvalue weighted by Crippen LogP contribution is -2.43. The van der Waals surface area contributed by atoms with E-state index in [4.69, 9.17) is 18.0 Å². The van der Waals surface area contributed by atoms with Gasteiger partial charge in [0.05, 0.1) is 0 Å². The van der Waals surface area contributed by atoms with E-state index in [1.807, 2.05) is 25.1 Å². The molecule has 0 aromatic heterocycles. The van der Waals surface area contributed by atoms with Crippen LogP contribution in [0.1, 0.15) is 27.0 Å². The minimum absolute atomic E-state index is 0. The smallest absolute Gasteiger partial charge is 0.255 e. The molecule has 4 N–H and O–H groups in total. The molecule has 1 fully saturated rings. The van der Waals surface area contributed by atoms with E-state index < -0.39 is 0 Å². The van der Waals surface area contributed by atoms with Gasteiger partial charge in [0.25, 0.3) is 5.91 Å². The molecule has 3 rings (SSSR count). The Balaban J connectivity index is 0.00000280. The van der Waals surface area contributed by atoms with Crippen LogP contribution >= 0.6 is 11.6 Å². The monoisotopic (exact) mass is 398 g/mol. The van der Waals surface area contributed by atoms with E-state index in [1.165, 1.54) is 0 Å². The standard InChI is InChI=1S/C22H24ClN3O.H3N/c1-4-17-13-18(6-5-16(17)2)22(27)24-20-8-7-19(21(23)14-20)15-26-11-9-25(3)10-12-26;/h1,5-8,13-14H,9-12,15H2,2-3H3,(H,24,27);1H3. The van der Waals surface area contributed by atoms with Gasteiger partial charge >= 0.3 is 0 Å². The van der Waals surface area contributed by atoms with E-state index in [1.54, 1.807) is 18.2 Å². The zero-order valence-corrected chi connectivity index (χ0v) is 17.2. The first-order valence-corrected chi connectivity index (χ1v) is 9.42. The number of carbonyl (C=O) groups is 1. The Bertz CT molecular complexity index is 883. The van der Waals surface area contributed by atoms with Crippen LogP contribution in [-0.2, 0) is 6.54 Å². The molecule has 6 heteroatoms. The molecular formula is C22H27ClN4O. The highest BCUT2D eigenvalue weighted by atomic mass is 35.5. The molecule has 0 radical (unpaired) electrons. The van der Waals surface area contributed by atoms with Crippen LogP contribution in [0.2, 0.25) is 5.02 Å². The summed E-state index contributed by atoms with van der Waals surface area (Å²) in [4.78, 5) is 17.2. The highest BCUT2D eigenvalue weighted by molar-refractivity contribution is 6.31. The highest BCUT2D eigenvalue weighted by Gasteiger charge is 2.15. The Labute approximate surface area is 172 Å². The van der Waals surface area contributed by atoms with Crippen molar-refractivity contribution >= 4 is 23.2 Å². The van der Waals surface area contributed by atoms with Gasteiger partial charge in [-0.05, 0) is 49.4 Å². The third kappa shape index (κ3) is 5.34. The number of aryl methyl sites for hydroxylation is 1. The van der Waals surface area contributed by atoms with Crippen LogP contribution in [0.5, 0.6) is 0 Å². The van der Waals surface area contributed by atoms with Crippen LogP contribution < -0.4 is 11.5 Å². The molecule has 0 aliphatic carbocycles. The van der Waals surface area contributed by atoms with E-state index in [0.717, 1.165) is 49.4 Å². The first-order valence-electron chi connectivity index (χ1n) is 9.04. The van der Waals surface area contributed by atoms with Crippen molar-refractivity contribution in [2.45, 2.75) is 13.5 Å². The number of likely N-dealkylation sites (N-methyl/N-ethyl adjacent to an activating group) is 1. The van der Waals surface area contributed by atoms with Crippen molar-refractivity contribution in [2.24, 2.45) is 0 Å². The fourth-order valence-corrected chi connectivity index (χ4v) is 3.36. The van der Waals surface area contributed by atoms with Gasteiger partial charge in [0.1, 0.15) is 0 Å². The Morgan fingerprint density at radius 2 is 1.89 bits per heavy atom. The van der Waals surface area contributed by atoms with Gasteiger partial charge in [0, 0.05) is 54.6 Å². The summed E-state index contributed by atoms with van der Waals surface area (Å²) < 4.78 is 0. The second-order valence-electron chi connectivity index (χ2n) is 7.01. The fourth-order valence-electron chi connectivity index (χ4n) is 3.12. The van der Waals surface area contributed by atoms with Crippen LogP contribution in [0.3, 0.4) is 0 Å². The van der Waals surface area contributed by atoms with Crippen LogP contribution in [0.25, 0.3) is 0 Å². The van der Waals surface area contributed by atoms with Crippen molar-refractivity contribution in [3.63, 3.8) is 0 Å². The van der Waals surface area contributed by atoms with Crippen molar-refractivity contribution in [1.82, 2.24) is 16.0 Å². The van der Waals surface area contributed by atoms with Gasteiger partial charge in [-0.25, -0.2) is 0 Å². The van der Waals surface area contributed by atoms with Crippen LogP contribution in [-0.4, -0.2) is 48.9 Å². The number of anilines is 1. The molecular weight excluding hydrogens is 372 g/mol. The van der Waals surface area contributed by atoms with Crippen molar-refractivity contribution in [1.29, 1.82) is 0 Å². The third-order valence-corrected chi connectivity index (χ3v) is 5.31. The number of nitrogens with one attached hydrogen (secondary N) is 1. The first kappa shape index (κ1) is 21.9. The SMILES string of the molecule is C#Cc1cc(C(=O)Nc2ccc(CN3CCN(C)CC3)c(Cl)c2)ccc1C.N. The summed E-state index contributed by atoms with van der Waals surface area (Å²) >= 11 is 6.46. The minimum Gasteiger partial charge on any atom is -0.344 e. The molecule has 1 heterocycles. The summed E-state index contributed by atoms with van der Waals surface area (Å²) in [6, 6.07) is 11.0. The molecule has 0 spiro atoms. The first-order chi connectivity index (χ1) is 13.0. The average molecular weight is 399 g/mol. The van der Waals surface area contributed by atoms with Gasteiger partial charge in [0.15, 0.2) is 0 Å². The van der Waals surface area contributed by atoms with Crippen molar-refractivity contribution in [2.75, 3.05) is 38.5 Å². The topological polar surface area (TPSA) is 70.6 Å². The number of piperazine rings is 1. The van der Waals surface area contributed by atoms with E-state index in [2.05, 4.69) is 28.1 Å². The number of hydrogen-bond donors (Lipinski definition) is 2. The summed E-state index contributed by atoms with van der Waals surface area (Å²) in [5, 5.41) is 3.56. The van der Waals surface area contributed by atoms with Crippen molar-refractivity contribution in [3.05, 3.63) is 63.7 Å². The summed E-state index contributed by atoms with van der Waals surface area (Å²) in [7, 11) is 2.14. The summed E-state index contributed by atoms with van der Waals surface area (Å²) in [5.41, 5.74) is 3.99. The van der Waals surface area contributed by atoms with Gasteiger partial charge in [-0.1, -0.05) is 29.7 Å². The van der Waals surface area contributed by atoms with Crippen molar-refractivity contribution in [3.8, 4) is 12.3 Å². The lowest BCUT2D eigenvalue weighted by Gasteiger charge is -2.32. The van der Waals surface area contributed by atoms with E-state index in [9.17, 15) is 4.79 Å². The Morgan fingerprint density at radius 3 is 2.54 bits per heavy atom. The minimum atomic E-state index is -0.200. The summed E-state index contributed by atoms with van der Waals surface area (Å²) in [5.74, 6) is 2.40. The maximum absolute atomic E-state index is 12.5. The zero-order chi connectivity index (χ0) is 19.4. The normalized spacial score (nSPS) is 14.8. The molecule has 5 nitrogen and oxygen atoms in total. The maximum Gasteiger partial charge on any atom is 0.255 e. The molecule has 1 aliphatic rings. The summed E-state index contributed by atoms with van der Waals surface area (Å²) in [6.45, 7) is 6.97. The second-order valence-corrected chi connectivity index (χ2v) is 7.42.